The van der Waals surface area contributed by atoms with Gasteiger partial charge in [0.15, 0.2) is 5.76 Å². The molecule has 1 aliphatic rings. The van der Waals surface area contributed by atoms with Gasteiger partial charge >= 0.3 is 0 Å². The monoisotopic (exact) mass is 345 g/mol. The van der Waals surface area contributed by atoms with Crippen LogP contribution in [0.25, 0.3) is 0 Å². The first-order valence-corrected chi connectivity index (χ1v) is 8.91. The molecule has 7 heteroatoms. The molecule has 2 aromatic heterocycles. The molecule has 1 saturated heterocycles. The van der Waals surface area contributed by atoms with Crippen LogP contribution in [0, 0.1) is 6.92 Å². The molecule has 1 amide bonds. The van der Waals surface area contributed by atoms with Gasteiger partial charge in [-0.1, -0.05) is 19.0 Å². The summed E-state index contributed by atoms with van der Waals surface area (Å²) < 4.78 is 7.21. The number of aromatic nitrogens is 3. The van der Waals surface area contributed by atoms with E-state index in [0.29, 0.717) is 17.0 Å². The Morgan fingerprint density at radius 3 is 2.76 bits per heavy atom. The lowest BCUT2D eigenvalue weighted by Crippen LogP contribution is -2.35. The summed E-state index contributed by atoms with van der Waals surface area (Å²) in [7, 11) is 1.93. The first kappa shape index (κ1) is 17.7. The van der Waals surface area contributed by atoms with Crippen LogP contribution in [0.3, 0.4) is 0 Å². The maximum Gasteiger partial charge on any atom is 0.259 e. The topological polar surface area (TPSA) is 67.4 Å². The highest BCUT2D eigenvalue weighted by molar-refractivity contribution is 5.96. The van der Waals surface area contributed by atoms with Crippen LogP contribution in [-0.4, -0.2) is 56.8 Å². The van der Waals surface area contributed by atoms with Crippen molar-refractivity contribution in [3.8, 4) is 0 Å². The van der Waals surface area contributed by atoms with Crippen LogP contribution in [0.1, 0.15) is 53.6 Å². The van der Waals surface area contributed by atoms with Crippen LogP contribution in [-0.2, 0) is 13.6 Å². The van der Waals surface area contributed by atoms with E-state index in [0.717, 1.165) is 39.1 Å². The normalized spacial score (nSPS) is 16.4. The summed E-state index contributed by atoms with van der Waals surface area (Å²) in [5, 5.41) is 8.23. The summed E-state index contributed by atoms with van der Waals surface area (Å²) in [6.07, 6.45) is 4.92. The SMILES string of the molecule is Cc1noc(C(C)C)c1C(=O)N1CCCN(Cc2cnn(C)c2)CC1. The fourth-order valence-corrected chi connectivity index (χ4v) is 3.34. The third-order valence-corrected chi connectivity index (χ3v) is 4.67. The number of amides is 1. The minimum atomic E-state index is 0.0469. The molecule has 1 aliphatic heterocycles. The molecule has 0 spiro atoms. The lowest BCUT2D eigenvalue weighted by molar-refractivity contribution is 0.0757. The molecule has 25 heavy (non-hydrogen) atoms. The number of aryl methyl sites for hydroxylation is 2. The van der Waals surface area contributed by atoms with Gasteiger partial charge in [-0.15, -0.1) is 0 Å². The summed E-state index contributed by atoms with van der Waals surface area (Å²) in [5.74, 6) is 0.888. The van der Waals surface area contributed by atoms with Crippen LogP contribution in [0.15, 0.2) is 16.9 Å². The van der Waals surface area contributed by atoms with Gasteiger partial charge in [0.05, 0.1) is 11.9 Å². The van der Waals surface area contributed by atoms with E-state index < -0.39 is 0 Å². The van der Waals surface area contributed by atoms with Crippen molar-refractivity contribution in [3.05, 3.63) is 35.0 Å². The Bertz CT molecular complexity index is 734. The largest absolute Gasteiger partial charge is 0.360 e. The minimum Gasteiger partial charge on any atom is -0.360 e. The van der Waals surface area contributed by atoms with E-state index in [2.05, 4.69) is 15.2 Å². The molecule has 0 atom stereocenters. The molecule has 3 rings (SSSR count). The van der Waals surface area contributed by atoms with E-state index in [1.54, 1.807) is 0 Å². The van der Waals surface area contributed by atoms with Gasteiger partial charge in [0.2, 0.25) is 0 Å². The maximum atomic E-state index is 13.0. The Hall–Kier alpha value is -2.15. The molecule has 2 aromatic rings. The zero-order valence-corrected chi connectivity index (χ0v) is 15.5. The van der Waals surface area contributed by atoms with Gasteiger partial charge in [-0.05, 0) is 13.3 Å². The highest BCUT2D eigenvalue weighted by Crippen LogP contribution is 2.24. The Labute approximate surface area is 148 Å². The average molecular weight is 345 g/mol. The fraction of sp³-hybridized carbons (Fsp3) is 0.611. The molecule has 136 valence electrons. The quantitative estimate of drug-likeness (QED) is 0.850. The third kappa shape index (κ3) is 3.92. The molecule has 3 heterocycles. The van der Waals surface area contributed by atoms with Crippen molar-refractivity contribution >= 4 is 5.91 Å². The molecule has 0 radical (unpaired) electrons. The summed E-state index contributed by atoms with van der Waals surface area (Å²) in [6, 6.07) is 0. The van der Waals surface area contributed by atoms with Crippen molar-refractivity contribution in [1.29, 1.82) is 0 Å². The summed E-state index contributed by atoms with van der Waals surface area (Å²) in [5.41, 5.74) is 2.54. The molecule has 7 nitrogen and oxygen atoms in total. The molecule has 0 unspecified atom stereocenters. The lowest BCUT2D eigenvalue weighted by Gasteiger charge is -2.22. The van der Waals surface area contributed by atoms with Gasteiger partial charge < -0.3 is 9.42 Å². The Morgan fingerprint density at radius 2 is 2.08 bits per heavy atom. The third-order valence-electron chi connectivity index (χ3n) is 4.67. The first-order chi connectivity index (χ1) is 12.0. The summed E-state index contributed by atoms with van der Waals surface area (Å²) in [6.45, 7) is 10.1. The zero-order chi connectivity index (χ0) is 18.0. The predicted molar refractivity (Wildman–Crippen MR) is 94.3 cm³/mol. The predicted octanol–water partition coefficient (Wildman–Crippen LogP) is 2.19. The average Bonchev–Trinajstić information content (AvgIpc) is 3.06. The summed E-state index contributed by atoms with van der Waals surface area (Å²) >= 11 is 0. The van der Waals surface area contributed by atoms with E-state index in [-0.39, 0.29) is 11.8 Å². The lowest BCUT2D eigenvalue weighted by atomic mass is 10.0. The van der Waals surface area contributed by atoms with Gasteiger partial charge in [0.25, 0.3) is 5.91 Å². The number of nitrogens with zero attached hydrogens (tertiary/aromatic N) is 5. The standard InChI is InChI=1S/C18H27N5O2/c1-13(2)17-16(14(3)20-25-17)18(24)23-7-5-6-22(8-9-23)12-15-10-19-21(4)11-15/h10-11,13H,5-9,12H2,1-4H3. The maximum absolute atomic E-state index is 13.0. The van der Waals surface area contributed by atoms with Crippen molar-refractivity contribution in [3.63, 3.8) is 0 Å². The van der Waals surface area contributed by atoms with E-state index in [1.807, 2.05) is 49.8 Å². The second-order valence-corrected chi connectivity index (χ2v) is 7.11. The first-order valence-electron chi connectivity index (χ1n) is 8.91. The molecule has 0 aliphatic carbocycles. The molecule has 0 aromatic carbocycles. The minimum absolute atomic E-state index is 0.0469. The second kappa shape index (κ2) is 7.39. The highest BCUT2D eigenvalue weighted by atomic mass is 16.5. The van der Waals surface area contributed by atoms with Gasteiger partial charge in [0, 0.05) is 57.4 Å². The van der Waals surface area contributed by atoms with E-state index in [1.165, 1.54) is 5.56 Å². The molecular formula is C18H27N5O2. The zero-order valence-electron chi connectivity index (χ0n) is 15.5. The fourth-order valence-electron chi connectivity index (χ4n) is 3.34. The van der Waals surface area contributed by atoms with Crippen LogP contribution >= 0.6 is 0 Å². The van der Waals surface area contributed by atoms with Crippen molar-refractivity contribution < 1.29 is 9.32 Å². The molecular weight excluding hydrogens is 318 g/mol. The van der Waals surface area contributed by atoms with E-state index in [4.69, 9.17) is 4.52 Å². The Balaban J connectivity index is 1.66. The molecule has 0 bridgehead atoms. The Morgan fingerprint density at radius 1 is 1.28 bits per heavy atom. The number of hydrogen-bond acceptors (Lipinski definition) is 5. The van der Waals surface area contributed by atoms with Crippen molar-refractivity contribution in [2.45, 2.75) is 39.7 Å². The molecule has 0 saturated carbocycles. The van der Waals surface area contributed by atoms with Crippen molar-refractivity contribution in [2.24, 2.45) is 7.05 Å². The van der Waals surface area contributed by atoms with Crippen LogP contribution in [0.5, 0.6) is 0 Å². The Kier molecular flexibility index (Phi) is 5.22. The van der Waals surface area contributed by atoms with Crippen LogP contribution in [0.2, 0.25) is 0 Å². The smallest absolute Gasteiger partial charge is 0.259 e. The van der Waals surface area contributed by atoms with Gasteiger partial charge in [-0.2, -0.15) is 5.10 Å². The van der Waals surface area contributed by atoms with Crippen molar-refractivity contribution in [2.75, 3.05) is 26.2 Å². The van der Waals surface area contributed by atoms with Crippen LogP contribution in [0.4, 0.5) is 0 Å². The number of carbonyl (C=O) groups excluding carboxylic acids is 1. The van der Waals surface area contributed by atoms with E-state index >= 15 is 0 Å². The molecule has 0 N–H and O–H groups in total. The number of carbonyl (C=O) groups is 1. The van der Waals surface area contributed by atoms with E-state index in [9.17, 15) is 4.79 Å². The van der Waals surface area contributed by atoms with Gasteiger partial charge in [-0.3, -0.25) is 14.4 Å². The number of hydrogen-bond donors (Lipinski definition) is 0. The number of rotatable bonds is 4. The highest BCUT2D eigenvalue weighted by Gasteiger charge is 2.28. The van der Waals surface area contributed by atoms with Gasteiger partial charge in [-0.25, -0.2) is 0 Å². The van der Waals surface area contributed by atoms with Crippen LogP contribution < -0.4 is 0 Å². The molecule has 1 fully saturated rings. The summed E-state index contributed by atoms with van der Waals surface area (Å²) in [4.78, 5) is 17.3. The van der Waals surface area contributed by atoms with Crippen molar-refractivity contribution in [1.82, 2.24) is 24.7 Å². The van der Waals surface area contributed by atoms with Gasteiger partial charge in [0.1, 0.15) is 5.56 Å². The second-order valence-electron chi connectivity index (χ2n) is 7.11.